The van der Waals surface area contributed by atoms with Gasteiger partial charge < -0.3 is 25.0 Å². The van der Waals surface area contributed by atoms with Crippen LogP contribution >= 0.6 is 24.0 Å². The van der Waals surface area contributed by atoms with Crippen molar-refractivity contribution in [2.75, 3.05) is 33.1 Å². The largest absolute Gasteiger partial charge is 0.493 e. The van der Waals surface area contributed by atoms with Crippen LogP contribution in [0.2, 0.25) is 0 Å². The number of hydrogen-bond acceptors (Lipinski definition) is 4. The van der Waals surface area contributed by atoms with Crippen molar-refractivity contribution in [1.29, 1.82) is 0 Å². The molecule has 0 saturated heterocycles. The van der Waals surface area contributed by atoms with Crippen LogP contribution in [0.5, 0.6) is 11.5 Å². The molecule has 0 radical (unpaired) electrons. The summed E-state index contributed by atoms with van der Waals surface area (Å²) in [6.07, 6.45) is 0.917. The molecule has 3 rings (SSSR count). The van der Waals surface area contributed by atoms with Crippen LogP contribution in [0.15, 0.2) is 41.4 Å². The number of ether oxygens (including phenoxy) is 2. The highest BCUT2D eigenvalue weighted by Crippen LogP contribution is 2.33. The van der Waals surface area contributed by atoms with Crippen molar-refractivity contribution in [3.63, 3.8) is 0 Å². The number of carbonyl (C=O) groups excluding carboxylic acids is 1. The molecule has 0 aromatic heterocycles. The Labute approximate surface area is 207 Å². The molecule has 2 N–H and O–H groups in total. The second-order valence-electron chi connectivity index (χ2n) is 7.89. The van der Waals surface area contributed by atoms with Crippen molar-refractivity contribution in [3.05, 3.63) is 53.1 Å². The normalized spacial score (nSPS) is 13.2. The van der Waals surface area contributed by atoms with Crippen LogP contribution < -0.4 is 20.1 Å². The highest BCUT2D eigenvalue weighted by atomic mass is 127. The summed E-state index contributed by atoms with van der Waals surface area (Å²) in [4.78, 5) is 18.5. The van der Waals surface area contributed by atoms with Crippen LogP contribution in [0.4, 0.5) is 5.69 Å². The van der Waals surface area contributed by atoms with Crippen LogP contribution in [0, 0.1) is 5.92 Å². The number of nitrogens with zero attached hydrogens (tertiary/aromatic N) is 2. The van der Waals surface area contributed by atoms with E-state index in [1.54, 1.807) is 21.3 Å². The molecule has 0 unspecified atom stereocenters. The van der Waals surface area contributed by atoms with Crippen molar-refractivity contribution < 1.29 is 14.3 Å². The van der Waals surface area contributed by atoms with E-state index in [0.717, 1.165) is 48.2 Å². The zero-order valence-electron chi connectivity index (χ0n) is 19.4. The van der Waals surface area contributed by atoms with Crippen LogP contribution in [-0.2, 0) is 24.3 Å². The van der Waals surface area contributed by atoms with E-state index in [4.69, 9.17) is 9.47 Å². The Kier molecular flexibility index (Phi) is 9.61. The molecule has 174 valence electrons. The fourth-order valence-corrected chi connectivity index (χ4v) is 3.57. The summed E-state index contributed by atoms with van der Waals surface area (Å²) in [5.41, 5.74) is 4.43. The lowest BCUT2D eigenvalue weighted by Gasteiger charge is -2.32. The van der Waals surface area contributed by atoms with Gasteiger partial charge in [0.1, 0.15) is 0 Å². The third-order valence-electron chi connectivity index (χ3n) is 5.43. The summed E-state index contributed by atoms with van der Waals surface area (Å²) in [6.45, 7) is 6.05. The monoisotopic (exact) mass is 552 g/mol. The highest BCUT2D eigenvalue weighted by Gasteiger charge is 2.21. The van der Waals surface area contributed by atoms with Crippen LogP contribution in [-0.4, -0.2) is 44.6 Å². The molecule has 0 bridgehead atoms. The smallest absolute Gasteiger partial charge is 0.226 e. The summed E-state index contributed by atoms with van der Waals surface area (Å²) < 4.78 is 10.9. The number of benzene rings is 2. The standard InChI is InChI=1S/C24H32N4O3.HI/c1-16(2)23(29)27-20-8-6-17(7-9-20)14-26-24(25-3)28-11-10-18-12-21(30-4)22(31-5)13-19(18)15-28;/h6-9,12-13,16H,10-11,14-15H2,1-5H3,(H,25,26)(H,27,29);1H. The van der Waals surface area contributed by atoms with E-state index in [1.165, 1.54) is 11.1 Å². The Morgan fingerprint density at radius 2 is 1.72 bits per heavy atom. The first-order valence-electron chi connectivity index (χ1n) is 10.5. The Balaban J connectivity index is 0.00000363. The molecule has 1 amide bonds. The number of anilines is 1. The van der Waals surface area contributed by atoms with Gasteiger partial charge in [-0.15, -0.1) is 24.0 Å². The number of halogens is 1. The zero-order chi connectivity index (χ0) is 22.4. The van der Waals surface area contributed by atoms with Crippen molar-refractivity contribution in [2.45, 2.75) is 33.4 Å². The molecule has 0 saturated carbocycles. The van der Waals surface area contributed by atoms with E-state index in [0.29, 0.717) is 6.54 Å². The van der Waals surface area contributed by atoms with E-state index >= 15 is 0 Å². The molecule has 7 nitrogen and oxygen atoms in total. The SMILES string of the molecule is CN=C(NCc1ccc(NC(=O)C(C)C)cc1)N1CCc2cc(OC)c(OC)cc2C1.I. The quantitative estimate of drug-likeness (QED) is 0.322. The molecule has 8 heteroatoms. The topological polar surface area (TPSA) is 75.2 Å². The molecule has 0 spiro atoms. The fraction of sp³-hybridized carbons (Fsp3) is 0.417. The molecular formula is C24H33IN4O3. The van der Waals surface area contributed by atoms with Crippen LogP contribution in [0.3, 0.4) is 0 Å². The maximum Gasteiger partial charge on any atom is 0.226 e. The lowest BCUT2D eigenvalue weighted by atomic mass is 9.99. The minimum absolute atomic E-state index is 0. The first-order valence-corrected chi connectivity index (χ1v) is 10.5. The third kappa shape index (κ3) is 6.27. The summed E-state index contributed by atoms with van der Waals surface area (Å²) in [6, 6.07) is 12.0. The molecule has 0 atom stereocenters. The van der Waals surface area contributed by atoms with Gasteiger partial charge >= 0.3 is 0 Å². The molecule has 2 aromatic carbocycles. The van der Waals surface area contributed by atoms with Crippen molar-refractivity contribution in [1.82, 2.24) is 10.2 Å². The number of nitrogens with one attached hydrogen (secondary N) is 2. The van der Waals surface area contributed by atoms with Gasteiger partial charge in [0.05, 0.1) is 14.2 Å². The molecule has 0 fully saturated rings. The van der Waals surface area contributed by atoms with Gasteiger partial charge in [0, 0.05) is 38.3 Å². The Bertz CT molecular complexity index is 945. The van der Waals surface area contributed by atoms with Gasteiger partial charge in [-0.3, -0.25) is 9.79 Å². The second-order valence-corrected chi connectivity index (χ2v) is 7.89. The molecule has 2 aromatic rings. The summed E-state index contributed by atoms with van der Waals surface area (Å²) in [7, 11) is 5.12. The number of carbonyl (C=O) groups is 1. The van der Waals surface area contributed by atoms with E-state index in [-0.39, 0.29) is 35.8 Å². The number of rotatable bonds is 6. The van der Waals surface area contributed by atoms with Gasteiger partial charge in [0.15, 0.2) is 17.5 Å². The van der Waals surface area contributed by atoms with Gasteiger partial charge in [-0.25, -0.2) is 0 Å². The van der Waals surface area contributed by atoms with Gasteiger partial charge in [0.25, 0.3) is 0 Å². The highest BCUT2D eigenvalue weighted by molar-refractivity contribution is 14.0. The minimum Gasteiger partial charge on any atom is -0.493 e. The zero-order valence-corrected chi connectivity index (χ0v) is 21.7. The molecule has 1 heterocycles. The van der Waals surface area contributed by atoms with Crippen LogP contribution in [0.1, 0.15) is 30.5 Å². The Morgan fingerprint density at radius 3 is 2.28 bits per heavy atom. The molecule has 1 aliphatic heterocycles. The van der Waals surface area contributed by atoms with Crippen molar-refractivity contribution >= 4 is 41.5 Å². The van der Waals surface area contributed by atoms with E-state index in [1.807, 2.05) is 38.1 Å². The maximum atomic E-state index is 11.8. The average molecular weight is 552 g/mol. The predicted octanol–water partition coefficient (Wildman–Crippen LogP) is 4.05. The van der Waals surface area contributed by atoms with Crippen LogP contribution in [0.25, 0.3) is 0 Å². The fourth-order valence-electron chi connectivity index (χ4n) is 3.57. The third-order valence-corrected chi connectivity index (χ3v) is 5.43. The van der Waals surface area contributed by atoms with Gasteiger partial charge in [0.2, 0.25) is 5.91 Å². The van der Waals surface area contributed by atoms with E-state index in [9.17, 15) is 4.79 Å². The number of aliphatic imine (C=N–C) groups is 1. The first-order chi connectivity index (χ1) is 14.9. The van der Waals surface area contributed by atoms with Crippen molar-refractivity contribution in [3.8, 4) is 11.5 Å². The average Bonchev–Trinajstić information content (AvgIpc) is 2.79. The van der Waals surface area contributed by atoms with Gasteiger partial charge in [-0.1, -0.05) is 26.0 Å². The minimum atomic E-state index is -0.0413. The van der Waals surface area contributed by atoms with E-state index < -0.39 is 0 Å². The van der Waals surface area contributed by atoms with Gasteiger partial charge in [-0.05, 0) is 47.4 Å². The molecule has 32 heavy (non-hydrogen) atoms. The van der Waals surface area contributed by atoms with Crippen molar-refractivity contribution in [2.24, 2.45) is 10.9 Å². The first kappa shape index (κ1) is 25.8. The van der Waals surface area contributed by atoms with Gasteiger partial charge in [-0.2, -0.15) is 0 Å². The number of guanidine groups is 1. The predicted molar refractivity (Wildman–Crippen MR) is 139 cm³/mol. The number of amides is 1. The second kappa shape index (κ2) is 11.9. The Hall–Kier alpha value is -2.49. The number of methoxy groups -OCH3 is 2. The molecule has 1 aliphatic rings. The summed E-state index contributed by atoms with van der Waals surface area (Å²) in [5, 5.41) is 6.36. The number of hydrogen-bond donors (Lipinski definition) is 2. The molecule has 0 aliphatic carbocycles. The lowest BCUT2D eigenvalue weighted by molar-refractivity contribution is -0.118. The lowest BCUT2D eigenvalue weighted by Crippen LogP contribution is -2.43. The van der Waals surface area contributed by atoms with E-state index in [2.05, 4.69) is 32.7 Å². The molecular weight excluding hydrogens is 519 g/mol. The number of fused-ring (bicyclic) bond motifs is 1. The summed E-state index contributed by atoms with van der Waals surface area (Å²) in [5.74, 6) is 2.35. The Morgan fingerprint density at radius 1 is 1.09 bits per heavy atom. The summed E-state index contributed by atoms with van der Waals surface area (Å²) >= 11 is 0. The maximum absolute atomic E-state index is 11.8.